The maximum absolute atomic E-state index is 11.2. The summed E-state index contributed by atoms with van der Waals surface area (Å²) >= 11 is 0. The molecule has 1 aliphatic rings. The number of benzene rings is 9. The number of aryl methyl sites for hydroxylation is 1. The Bertz CT molecular complexity index is 4330. The molecule has 2 heterocycles. The summed E-state index contributed by atoms with van der Waals surface area (Å²) in [6.07, 6.45) is 3.73. The molecule has 0 N–H and O–H groups in total. The van der Waals surface area contributed by atoms with Gasteiger partial charge < -0.3 is 9.13 Å². The van der Waals surface area contributed by atoms with Crippen LogP contribution in [-0.4, -0.2) is 9.13 Å². The summed E-state index contributed by atoms with van der Waals surface area (Å²) in [6.45, 7) is 0. The van der Waals surface area contributed by atoms with Crippen molar-refractivity contribution in [3.8, 4) is 92.3 Å². The molecule has 8 nitrogen and oxygen atoms in total. The minimum absolute atomic E-state index is 0.419. The Morgan fingerprint density at radius 2 is 0.716 bits per heavy atom. The summed E-state index contributed by atoms with van der Waals surface area (Å²) in [5.41, 5.74) is 18.7. The molecule has 0 saturated carbocycles. The van der Waals surface area contributed by atoms with E-state index in [1.165, 1.54) is 0 Å². The third-order valence-electron chi connectivity index (χ3n) is 14.3. The fraction of sp³-hybridized carbons (Fsp3) is 0.0303. The first kappa shape index (κ1) is 44.2. The van der Waals surface area contributed by atoms with Crippen LogP contribution >= 0.6 is 0 Å². The Kier molecular flexibility index (Phi) is 10.8. The Hall–Kier alpha value is -11.0. The number of aromatic nitrogens is 2. The molecule has 1 aliphatic carbocycles. The van der Waals surface area contributed by atoms with Crippen LogP contribution in [0.15, 0.2) is 188 Å². The zero-order chi connectivity index (χ0) is 50.5. The molecule has 9 aromatic carbocycles. The molecule has 340 valence electrons. The van der Waals surface area contributed by atoms with E-state index in [1.54, 1.807) is 6.07 Å². The Morgan fingerprint density at radius 1 is 0.311 bits per heavy atom. The second-order valence-corrected chi connectivity index (χ2v) is 18.4. The molecule has 0 atom stereocenters. The van der Waals surface area contributed by atoms with Gasteiger partial charge in [-0.25, -0.2) is 0 Å². The van der Waals surface area contributed by atoms with Crippen molar-refractivity contribution in [3.63, 3.8) is 0 Å². The minimum Gasteiger partial charge on any atom is -0.309 e. The number of hydrogen-bond donors (Lipinski definition) is 0. The van der Waals surface area contributed by atoms with Crippen molar-refractivity contribution in [2.45, 2.75) is 12.8 Å². The van der Waals surface area contributed by atoms with E-state index < -0.39 is 0 Å². The summed E-state index contributed by atoms with van der Waals surface area (Å²) in [4.78, 5) is 0. The van der Waals surface area contributed by atoms with E-state index in [9.17, 15) is 31.6 Å². The lowest BCUT2D eigenvalue weighted by molar-refractivity contribution is 0.979. The van der Waals surface area contributed by atoms with Gasteiger partial charge in [0.1, 0.15) is 0 Å². The molecule has 0 amide bonds. The first-order valence-corrected chi connectivity index (χ1v) is 23.9. The minimum atomic E-state index is 0.419. The first-order valence-electron chi connectivity index (χ1n) is 23.9. The summed E-state index contributed by atoms with van der Waals surface area (Å²) in [5.74, 6) is 0. The van der Waals surface area contributed by atoms with Gasteiger partial charge in [-0.15, -0.1) is 0 Å². The number of nitriles is 6. The predicted octanol–water partition coefficient (Wildman–Crippen LogP) is 15.1. The van der Waals surface area contributed by atoms with Crippen molar-refractivity contribution in [3.05, 3.63) is 238 Å². The fourth-order valence-electron chi connectivity index (χ4n) is 10.6. The van der Waals surface area contributed by atoms with Gasteiger partial charge in [0, 0.05) is 21.7 Å². The maximum atomic E-state index is 11.2. The zero-order valence-corrected chi connectivity index (χ0v) is 39.5. The number of allylic oxidation sites excluding steroid dienone is 1. The number of fused-ring (bicyclic) bond motifs is 6. The molecule has 0 saturated heterocycles. The Labute approximate surface area is 426 Å². The van der Waals surface area contributed by atoms with Crippen LogP contribution in [0, 0.1) is 68.0 Å². The van der Waals surface area contributed by atoms with Gasteiger partial charge in [0.25, 0.3) is 0 Å². The molecule has 0 radical (unpaired) electrons. The van der Waals surface area contributed by atoms with E-state index in [0.717, 1.165) is 118 Å². The van der Waals surface area contributed by atoms with Gasteiger partial charge in [-0.1, -0.05) is 97.1 Å². The lowest BCUT2D eigenvalue weighted by atomic mass is 9.90. The first-order chi connectivity index (χ1) is 36.4. The van der Waals surface area contributed by atoms with E-state index in [2.05, 4.69) is 106 Å². The number of nitrogens with zero attached hydrogens (tertiary/aromatic N) is 8. The smallest absolute Gasteiger partial charge is 0.0993 e. The van der Waals surface area contributed by atoms with E-state index in [4.69, 9.17) is 0 Å². The van der Waals surface area contributed by atoms with E-state index >= 15 is 0 Å². The van der Waals surface area contributed by atoms with Gasteiger partial charge in [0.2, 0.25) is 0 Å². The quantitative estimate of drug-likeness (QED) is 0.155. The lowest BCUT2D eigenvalue weighted by Crippen LogP contribution is -2.08. The maximum Gasteiger partial charge on any atom is 0.0993 e. The number of hydrogen-bond acceptors (Lipinski definition) is 6. The third kappa shape index (κ3) is 7.51. The summed E-state index contributed by atoms with van der Waals surface area (Å²) < 4.78 is 4.51. The fourth-order valence-corrected chi connectivity index (χ4v) is 10.6. The molecule has 0 spiro atoms. The second kappa shape index (κ2) is 18.1. The SMILES string of the molecule is N#Cc1ccc(C2=Cc3c(c4ccc(-c5ccc(C#N)cc5)cc4n3-c3cc(C#N)cc(-n4c5cc(-c6ccc(C#N)cc6)ccc5c5ccc(-c6ccc(C#N)cc6)cc54)c3-c3cccc(C#N)c3)CC2)cc1. The number of rotatable bonds is 7. The monoisotopic (exact) mass is 940 g/mol. The molecule has 0 aliphatic heterocycles. The highest BCUT2D eigenvalue weighted by molar-refractivity contribution is 6.12. The normalized spacial score (nSPS) is 11.7. The Morgan fingerprint density at radius 3 is 1.18 bits per heavy atom. The van der Waals surface area contributed by atoms with Crippen molar-refractivity contribution in [1.82, 2.24) is 9.13 Å². The lowest BCUT2D eigenvalue weighted by Gasteiger charge is -2.23. The van der Waals surface area contributed by atoms with Crippen molar-refractivity contribution in [1.29, 1.82) is 31.6 Å². The Balaban J connectivity index is 1.22. The van der Waals surface area contributed by atoms with Gasteiger partial charge in [-0.2, -0.15) is 31.6 Å². The standard InChI is InChI=1S/C66H36N8/c67-35-41-4-12-47(13-5-41)51-20-24-56-57-25-21-52(48-14-6-42(36-68)7-15-48)32-61(57)73(60(56)31-51)64-29-46(40-72)30-65(66(64)55-3-1-2-45(28-55)39-71)74-62-33-53(49-16-8-43(37-69)9-17-49)22-26-58(62)59-27-23-54(34-63(59)74)50-18-10-44(38-70)11-19-50/h1-22,24-26,28-34H,23,27H2. The summed E-state index contributed by atoms with van der Waals surface area (Å²) in [6, 6.07) is 75.0. The molecule has 8 heteroatoms. The van der Waals surface area contributed by atoms with Crippen LogP contribution in [0.2, 0.25) is 0 Å². The van der Waals surface area contributed by atoms with Gasteiger partial charge in [-0.3, -0.25) is 0 Å². The van der Waals surface area contributed by atoms with Crippen LogP contribution in [0.3, 0.4) is 0 Å². The average molecular weight is 941 g/mol. The zero-order valence-electron chi connectivity index (χ0n) is 39.5. The molecule has 11 aromatic rings. The highest BCUT2D eigenvalue weighted by atomic mass is 15.0. The van der Waals surface area contributed by atoms with Crippen molar-refractivity contribution < 1.29 is 0 Å². The second-order valence-electron chi connectivity index (χ2n) is 18.4. The molecule has 74 heavy (non-hydrogen) atoms. The molecule has 0 unspecified atom stereocenters. The van der Waals surface area contributed by atoms with Crippen molar-refractivity contribution in [2.24, 2.45) is 0 Å². The largest absolute Gasteiger partial charge is 0.309 e. The van der Waals surface area contributed by atoms with Gasteiger partial charge in [0.15, 0.2) is 0 Å². The predicted molar refractivity (Wildman–Crippen MR) is 290 cm³/mol. The van der Waals surface area contributed by atoms with Crippen LogP contribution in [0.4, 0.5) is 0 Å². The molecular formula is C66H36N8. The molecule has 0 bridgehead atoms. The molecule has 0 fully saturated rings. The molecular weight excluding hydrogens is 905 g/mol. The summed E-state index contributed by atoms with van der Waals surface area (Å²) in [7, 11) is 0. The van der Waals surface area contributed by atoms with Crippen LogP contribution in [0.25, 0.3) is 100 Å². The highest BCUT2D eigenvalue weighted by Crippen LogP contribution is 2.46. The van der Waals surface area contributed by atoms with Crippen molar-refractivity contribution >= 4 is 44.4 Å². The van der Waals surface area contributed by atoms with E-state index in [0.29, 0.717) is 39.1 Å². The van der Waals surface area contributed by atoms with Gasteiger partial charge in [-0.05, 0) is 166 Å². The van der Waals surface area contributed by atoms with Gasteiger partial charge in [0.05, 0.1) is 103 Å². The van der Waals surface area contributed by atoms with Crippen LogP contribution in [0.5, 0.6) is 0 Å². The van der Waals surface area contributed by atoms with E-state index in [-0.39, 0.29) is 0 Å². The highest BCUT2D eigenvalue weighted by Gasteiger charge is 2.28. The van der Waals surface area contributed by atoms with Crippen LogP contribution < -0.4 is 0 Å². The third-order valence-corrected chi connectivity index (χ3v) is 14.3. The van der Waals surface area contributed by atoms with E-state index in [1.807, 2.05) is 127 Å². The molecule has 12 rings (SSSR count). The topological polar surface area (TPSA) is 153 Å². The molecule has 2 aromatic heterocycles. The van der Waals surface area contributed by atoms with Crippen molar-refractivity contribution in [2.75, 3.05) is 0 Å². The van der Waals surface area contributed by atoms with Crippen LogP contribution in [-0.2, 0) is 6.42 Å². The summed E-state index contributed by atoms with van der Waals surface area (Å²) in [5, 5.41) is 63.4. The average Bonchev–Trinajstić information content (AvgIpc) is 3.98. The van der Waals surface area contributed by atoms with Crippen LogP contribution in [0.1, 0.15) is 56.6 Å². The van der Waals surface area contributed by atoms with Gasteiger partial charge >= 0.3 is 0 Å².